The molecule has 2 atom stereocenters. The summed E-state index contributed by atoms with van der Waals surface area (Å²) in [6, 6.07) is 28.5. The molecule has 0 bridgehead atoms. The zero-order valence-corrected chi connectivity index (χ0v) is 16.6. The maximum Gasteiger partial charge on any atom is 0.121 e. The second-order valence-corrected chi connectivity index (χ2v) is 7.05. The largest absolute Gasteiger partial charge is 0.382 e. The molecule has 1 fully saturated rings. The van der Waals surface area contributed by atoms with Crippen LogP contribution >= 0.6 is 12.4 Å². The summed E-state index contributed by atoms with van der Waals surface area (Å²) in [4.78, 5) is 0. The standard InChI is InChI=1S/C24H25NO2.ClH/c26-24(21-12-5-2-6-13-21,23-18-25-15-16-27-23)17-20-11-7-8-14-22(20)19-9-3-1-4-10-19;/h1-14,23,25-26H,15-18H2;1H. The molecule has 0 spiro atoms. The third-order valence-corrected chi connectivity index (χ3v) is 5.30. The maximum atomic E-state index is 11.9. The Bertz CT molecular complexity index is 866. The van der Waals surface area contributed by atoms with Crippen molar-refractivity contribution in [3.63, 3.8) is 0 Å². The molecule has 1 heterocycles. The minimum Gasteiger partial charge on any atom is -0.382 e. The van der Waals surface area contributed by atoms with E-state index in [0.717, 1.165) is 28.8 Å². The highest BCUT2D eigenvalue weighted by molar-refractivity contribution is 5.85. The predicted molar refractivity (Wildman–Crippen MR) is 116 cm³/mol. The molecule has 4 rings (SSSR count). The average molecular weight is 396 g/mol. The number of hydrogen-bond donors (Lipinski definition) is 2. The van der Waals surface area contributed by atoms with Gasteiger partial charge in [0.15, 0.2) is 0 Å². The third kappa shape index (κ3) is 4.29. The van der Waals surface area contributed by atoms with E-state index in [9.17, 15) is 5.11 Å². The maximum absolute atomic E-state index is 11.9. The predicted octanol–water partition coefficient (Wildman–Crippen LogP) is 4.19. The Labute approximate surface area is 172 Å². The molecule has 1 saturated heterocycles. The van der Waals surface area contributed by atoms with Gasteiger partial charge in [-0.1, -0.05) is 84.9 Å². The van der Waals surface area contributed by atoms with Crippen LogP contribution in [-0.4, -0.2) is 30.9 Å². The summed E-state index contributed by atoms with van der Waals surface area (Å²) < 4.78 is 6.00. The second-order valence-electron chi connectivity index (χ2n) is 7.05. The van der Waals surface area contributed by atoms with Gasteiger partial charge >= 0.3 is 0 Å². The first-order valence-electron chi connectivity index (χ1n) is 9.51. The smallest absolute Gasteiger partial charge is 0.121 e. The fourth-order valence-electron chi connectivity index (χ4n) is 3.86. The van der Waals surface area contributed by atoms with Crippen molar-refractivity contribution in [1.29, 1.82) is 0 Å². The van der Waals surface area contributed by atoms with Crippen molar-refractivity contribution in [3.05, 3.63) is 96.1 Å². The van der Waals surface area contributed by atoms with E-state index >= 15 is 0 Å². The minimum absolute atomic E-state index is 0. The molecule has 0 aromatic heterocycles. The molecule has 4 heteroatoms. The normalized spacial score (nSPS) is 18.7. The molecule has 0 amide bonds. The van der Waals surface area contributed by atoms with Crippen LogP contribution in [0.25, 0.3) is 11.1 Å². The Morgan fingerprint density at radius 1 is 0.893 bits per heavy atom. The number of aliphatic hydroxyl groups is 1. The van der Waals surface area contributed by atoms with Gasteiger partial charge in [-0.05, 0) is 22.3 Å². The zero-order valence-electron chi connectivity index (χ0n) is 15.8. The van der Waals surface area contributed by atoms with E-state index < -0.39 is 5.60 Å². The van der Waals surface area contributed by atoms with Gasteiger partial charge in [-0.15, -0.1) is 12.4 Å². The Morgan fingerprint density at radius 2 is 1.54 bits per heavy atom. The molecule has 2 unspecified atom stereocenters. The van der Waals surface area contributed by atoms with Crippen LogP contribution in [0, 0.1) is 0 Å². The van der Waals surface area contributed by atoms with Gasteiger partial charge in [0.2, 0.25) is 0 Å². The Kier molecular flexibility index (Phi) is 6.87. The zero-order chi connectivity index (χ0) is 18.5. The van der Waals surface area contributed by atoms with Gasteiger partial charge in [0.25, 0.3) is 0 Å². The van der Waals surface area contributed by atoms with Crippen molar-refractivity contribution in [2.45, 2.75) is 18.1 Å². The first-order valence-corrected chi connectivity index (χ1v) is 9.51. The molecule has 1 aliphatic heterocycles. The van der Waals surface area contributed by atoms with E-state index in [-0.39, 0.29) is 18.5 Å². The fourth-order valence-corrected chi connectivity index (χ4v) is 3.86. The molecule has 28 heavy (non-hydrogen) atoms. The van der Waals surface area contributed by atoms with Crippen molar-refractivity contribution >= 4 is 12.4 Å². The van der Waals surface area contributed by atoms with E-state index in [1.165, 1.54) is 0 Å². The quantitative estimate of drug-likeness (QED) is 0.680. The third-order valence-electron chi connectivity index (χ3n) is 5.30. The summed E-state index contributed by atoms with van der Waals surface area (Å²) in [6.07, 6.45) is 0.200. The number of rotatable bonds is 5. The van der Waals surface area contributed by atoms with Crippen molar-refractivity contribution in [2.24, 2.45) is 0 Å². The lowest BCUT2D eigenvalue weighted by Gasteiger charge is -2.39. The molecule has 1 aliphatic rings. The van der Waals surface area contributed by atoms with Crippen LogP contribution < -0.4 is 5.32 Å². The first kappa shape index (κ1) is 20.6. The van der Waals surface area contributed by atoms with Gasteiger partial charge in [-0.3, -0.25) is 0 Å². The van der Waals surface area contributed by atoms with Gasteiger partial charge in [0.05, 0.1) is 6.61 Å². The van der Waals surface area contributed by atoms with Gasteiger partial charge < -0.3 is 15.2 Å². The van der Waals surface area contributed by atoms with Crippen molar-refractivity contribution < 1.29 is 9.84 Å². The van der Waals surface area contributed by atoms with Crippen molar-refractivity contribution in [2.75, 3.05) is 19.7 Å². The van der Waals surface area contributed by atoms with Crippen LogP contribution in [0.5, 0.6) is 0 Å². The first-order chi connectivity index (χ1) is 13.3. The number of hydrogen-bond acceptors (Lipinski definition) is 3. The molecule has 3 aromatic carbocycles. The summed E-state index contributed by atoms with van der Waals surface area (Å²) >= 11 is 0. The lowest BCUT2D eigenvalue weighted by molar-refractivity contribution is -0.124. The van der Waals surface area contributed by atoms with Crippen LogP contribution in [0.1, 0.15) is 11.1 Å². The molecule has 146 valence electrons. The number of ether oxygens (including phenoxy) is 1. The molecule has 3 nitrogen and oxygen atoms in total. The molecule has 0 saturated carbocycles. The Hall–Kier alpha value is -2.17. The van der Waals surface area contributed by atoms with Crippen LogP contribution in [-0.2, 0) is 16.8 Å². The summed E-state index contributed by atoms with van der Waals surface area (Å²) in [5.74, 6) is 0. The minimum atomic E-state index is -1.10. The second kappa shape index (κ2) is 9.35. The van der Waals surface area contributed by atoms with Crippen LogP contribution in [0.2, 0.25) is 0 Å². The van der Waals surface area contributed by atoms with Gasteiger partial charge in [0, 0.05) is 19.5 Å². The summed E-state index contributed by atoms with van der Waals surface area (Å²) in [5, 5.41) is 15.2. The van der Waals surface area contributed by atoms with E-state index in [1.807, 2.05) is 60.7 Å². The van der Waals surface area contributed by atoms with E-state index in [1.54, 1.807) is 0 Å². The van der Waals surface area contributed by atoms with Crippen LogP contribution in [0.15, 0.2) is 84.9 Å². The van der Waals surface area contributed by atoms with Crippen molar-refractivity contribution in [3.8, 4) is 11.1 Å². The van der Waals surface area contributed by atoms with E-state index in [0.29, 0.717) is 19.6 Å². The molecular weight excluding hydrogens is 370 g/mol. The van der Waals surface area contributed by atoms with Gasteiger partial charge in [0.1, 0.15) is 11.7 Å². The van der Waals surface area contributed by atoms with Crippen LogP contribution in [0.4, 0.5) is 0 Å². The van der Waals surface area contributed by atoms with Crippen molar-refractivity contribution in [1.82, 2.24) is 5.32 Å². The highest BCUT2D eigenvalue weighted by Gasteiger charge is 2.40. The number of benzene rings is 3. The summed E-state index contributed by atoms with van der Waals surface area (Å²) in [5.41, 5.74) is 3.22. The number of nitrogens with one attached hydrogen (secondary N) is 1. The lowest BCUT2D eigenvalue weighted by Crippen LogP contribution is -2.52. The topological polar surface area (TPSA) is 41.5 Å². The van der Waals surface area contributed by atoms with Crippen LogP contribution in [0.3, 0.4) is 0 Å². The molecular formula is C24H26ClNO2. The van der Waals surface area contributed by atoms with E-state index in [2.05, 4.69) is 29.6 Å². The van der Waals surface area contributed by atoms with Gasteiger partial charge in [-0.2, -0.15) is 0 Å². The lowest BCUT2D eigenvalue weighted by atomic mass is 9.80. The van der Waals surface area contributed by atoms with E-state index in [4.69, 9.17) is 4.74 Å². The monoisotopic (exact) mass is 395 g/mol. The fraction of sp³-hybridized carbons (Fsp3) is 0.250. The highest BCUT2D eigenvalue weighted by Crippen LogP contribution is 2.35. The highest BCUT2D eigenvalue weighted by atomic mass is 35.5. The molecule has 0 radical (unpaired) electrons. The molecule has 2 N–H and O–H groups in total. The number of halogens is 1. The Balaban J connectivity index is 0.00000225. The Morgan fingerprint density at radius 3 is 2.21 bits per heavy atom. The molecule has 0 aliphatic carbocycles. The summed E-state index contributed by atoms with van der Waals surface area (Å²) in [7, 11) is 0. The molecule has 3 aromatic rings. The number of morpholine rings is 1. The summed E-state index contributed by atoms with van der Waals surface area (Å²) in [6.45, 7) is 2.07. The SMILES string of the molecule is Cl.OC(Cc1ccccc1-c1ccccc1)(c1ccccc1)C1CNCCO1. The average Bonchev–Trinajstić information content (AvgIpc) is 2.76. The van der Waals surface area contributed by atoms with Gasteiger partial charge in [-0.25, -0.2) is 0 Å².